The number of hydrogen-bond donors (Lipinski definition) is 1. The van der Waals surface area contributed by atoms with E-state index in [0.29, 0.717) is 5.82 Å². The molecule has 146 valence electrons. The molecule has 28 heavy (non-hydrogen) atoms. The molecule has 1 aliphatic rings. The average Bonchev–Trinajstić information content (AvgIpc) is 2.83. The van der Waals surface area contributed by atoms with E-state index in [4.69, 9.17) is 16.7 Å². The molecule has 0 saturated carbocycles. The van der Waals surface area contributed by atoms with Gasteiger partial charge in [-0.25, -0.2) is 4.68 Å². The topological polar surface area (TPSA) is 29.9 Å². The van der Waals surface area contributed by atoms with Crippen molar-refractivity contribution < 1.29 is 13.2 Å². The highest BCUT2D eigenvalue weighted by Gasteiger charge is 2.32. The normalized spacial score (nSPS) is 14.3. The van der Waals surface area contributed by atoms with Gasteiger partial charge in [-0.05, 0) is 43.5 Å². The fourth-order valence-electron chi connectivity index (χ4n) is 3.40. The molecule has 4 rings (SSSR count). The number of nitrogens with one attached hydrogen (secondary N) is 1. The highest BCUT2D eigenvalue weighted by Crippen LogP contribution is 2.39. The Kier molecular flexibility index (Phi) is 5.14. The number of benzene rings is 2. The van der Waals surface area contributed by atoms with Gasteiger partial charge in [-0.2, -0.15) is 18.3 Å². The first kappa shape index (κ1) is 19.3. The first-order valence-corrected chi connectivity index (χ1v) is 10.0. The van der Waals surface area contributed by atoms with Gasteiger partial charge in [0.2, 0.25) is 0 Å². The summed E-state index contributed by atoms with van der Waals surface area (Å²) in [7, 11) is 0. The van der Waals surface area contributed by atoms with E-state index in [-0.39, 0.29) is 10.7 Å². The smallest absolute Gasteiger partial charge is 0.370 e. The predicted octanol–water partition coefficient (Wildman–Crippen LogP) is 6.72. The van der Waals surface area contributed by atoms with E-state index < -0.39 is 11.7 Å². The van der Waals surface area contributed by atoms with E-state index in [2.05, 4.69) is 21.2 Å². The van der Waals surface area contributed by atoms with Crippen LogP contribution in [0.5, 0.6) is 0 Å². The number of anilines is 1. The minimum Gasteiger partial charge on any atom is -0.370 e. The van der Waals surface area contributed by atoms with Crippen LogP contribution in [-0.2, 0) is 12.6 Å². The van der Waals surface area contributed by atoms with Gasteiger partial charge in [-0.15, -0.1) is 0 Å². The molecule has 0 saturated heterocycles. The Morgan fingerprint density at radius 1 is 1.11 bits per heavy atom. The molecule has 3 aromatic rings. The maximum atomic E-state index is 13.2. The zero-order valence-electron chi connectivity index (χ0n) is 14.7. The molecule has 0 aliphatic carbocycles. The molecule has 1 aliphatic heterocycles. The van der Waals surface area contributed by atoms with Crippen LogP contribution in [-0.4, -0.2) is 16.3 Å². The van der Waals surface area contributed by atoms with Crippen molar-refractivity contribution in [3.8, 4) is 16.9 Å². The Hall–Kier alpha value is -1.99. The second-order valence-corrected chi connectivity index (χ2v) is 7.88. The third-order valence-corrected chi connectivity index (χ3v) is 5.77. The number of fused-ring (bicyclic) bond motifs is 1. The van der Waals surface area contributed by atoms with Crippen molar-refractivity contribution in [2.24, 2.45) is 0 Å². The molecule has 0 unspecified atom stereocenters. The van der Waals surface area contributed by atoms with E-state index in [1.165, 1.54) is 10.7 Å². The highest BCUT2D eigenvalue weighted by molar-refractivity contribution is 9.10. The molecule has 0 radical (unpaired) electrons. The average molecular weight is 471 g/mol. The summed E-state index contributed by atoms with van der Waals surface area (Å²) in [5, 5.41) is 8.23. The van der Waals surface area contributed by atoms with Crippen LogP contribution in [0, 0.1) is 0 Å². The van der Waals surface area contributed by atoms with Crippen molar-refractivity contribution in [2.45, 2.75) is 25.4 Å². The Morgan fingerprint density at radius 2 is 1.89 bits per heavy atom. The Balaban J connectivity index is 1.95. The molecule has 1 aromatic heterocycles. The summed E-state index contributed by atoms with van der Waals surface area (Å²) in [4.78, 5) is 0. The van der Waals surface area contributed by atoms with Crippen LogP contribution >= 0.6 is 27.5 Å². The number of aromatic nitrogens is 2. The molecule has 3 nitrogen and oxygen atoms in total. The lowest BCUT2D eigenvalue weighted by molar-refractivity contribution is -0.137. The Labute approximate surface area is 173 Å². The number of hydrogen-bond acceptors (Lipinski definition) is 2. The van der Waals surface area contributed by atoms with Crippen molar-refractivity contribution >= 4 is 33.3 Å². The highest BCUT2D eigenvalue weighted by atomic mass is 79.9. The first-order chi connectivity index (χ1) is 13.4. The minimum absolute atomic E-state index is 0.209. The van der Waals surface area contributed by atoms with Crippen LogP contribution in [0.4, 0.5) is 19.0 Å². The van der Waals surface area contributed by atoms with Gasteiger partial charge in [0.15, 0.2) is 0 Å². The van der Waals surface area contributed by atoms with E-state index in [1.807, 2.05) is 24.3 Å². The number of rotatable bonds is 2. The van der Waals surface area contributed by atoms with Crippen molar-refractivity contribution in [2.75, 3.05) is 11.9 Å². The van der Waals surface area contributed by atoms with Crippen molar-refractivity contribution in [3.05, 3.63) is 63.1 Å². The van der Waals surface area contributed by atoms with Gasteiger partial charge in [-0.1, -0.05) is 45.7 Å². The fraction of sp³-hybridized carbons (Fsp3) is 0.250. The summed E-state index contributed by atoms with van der Waals surface area (Å²) in [6.45, 7) is 0.727. The minimum atomic E-state index is -4.46. The van der Waals surface area contributed by atoms with E-state index in [9.17, 15) is 13.2 Å². The molecule has 1 N–H and O–H groups in total. The van der Waals surface area contributed by atoms with Crippen molar-refractivity contribution in [1.82, 2.24) is 9.78 Å². The predicted molar refractivity (Wildman–Crippen MR) is 108 cm³/mol. The van der Waals surface area contributed by atoms with Crippen LogP contribution in [0.2, 0.25) is 5.02 Å². The van der Waals surface area contributed by atoms with Gasteiger partial charge in [0, 0.05) is 22.1 Å². The molecule has 2 heterocycles. The molecule has 0 atom stereocenters. The monoisotopic (exact) mass is 469 g/mol. The van der Waals surface area contributed by atoms with Gasteiger partial charge in [0.05, 0.1) is 22.0 Å². The molecule has 8 heteroatoms. The molecular weight excluding hydrogens is 455 g/mol. The lowest BCUT2D eigenvalue weighted by Gasteiger charge is -2.13. The summed E-state index contributed by atoms with van der Waals surface area (Å²) < 4.78 is 42.1. The zero-order chi connectivity index (χ0) is 19.9. The van der Waals surface area contributed by atoms with Crippen molar-refractivity contribution in [3.63, 3.8) is 0 Å². The van der Waals surface area contributed by atoms with E-state index in [1.54, 1.807) is 0 Å². The van der Waals surface area contributed by atoms with Gasteiger partial charge < -0.3 is 5.32 Å². The van der Waals surface area contributed by atoms with E-state index >= 15 is 0 Å². The second-order valence-electron chi connectivity index (χ2n) is 6.62. The van der Waals surface area contributed by atoms with Gasteiger partial charge in [-0.3, -0.25) is 0 Å². The number of nitrogens with zero attached hydrogens (tertiary/aromatic N) is 2. The van der Waals surface area contributed by atoms with Crippen LogP contribution < -0.4 is 5.32 Å². The van der Waals surface area contributed by atoms with Crippen LogP contribution in [0.25, 0.3) is 16.9 Å². The van der Waals surface area contributed by atoms with Crippen LogP contribution in [0.1, 0.15) is 24.0 Å². The quantitative estimate of drug-likeness (QED) is 0.450. The lowest BCUT2D eigenvalue weighted by atomic mass is 10.0. The van der Waals surface area contributed by atoms with Crippen molar-refractivity contribution in [1.29, 1.82) is 0 Å². The first-order valence-electron chi connectivity index (χ1n) is 8.84. The maximum absolute atomic E-state index is 13.2. The summed E-state index contributed by atoms with van der Waals surface area (Å²) >= 11 is 9.84. The third kappa shape index (κ3) is 3.53. The molecule has 0 spiro atoms. The molecule has 2 aromatic carbocycles. The summed E-state index contributed by atoms with van der Waals surface area (Å²) in [6, 6.07) is 11.0. The molecule has 0 fully saturated rings. The number of halogens is 5. The van der Waals surface area contributed by atoms with E-state index in [0.717, 1.165) is 59.2 Å². The van der Waals surface area contributed by atoms with Gasteiger partial charge >= 0.3 is 6.18 Å². The molecule has 0 bridgehead atoms. The largest absolute Gasteiger partial charge is 0.416 e. The van der Waals surface area contributed by atoms with Crippen LogP contribution in [0.15, 0.2) is 46.9 Å². The Morgan fingerprint density at radius 3 is 2.64 bits per heavy atom. The summed E-state index contributed by atoms with van der Waals surface area (Å²) in [5.74, 6) is 0.699. The maximum Gasteiger partial charge on any atom is 0.416 e. The van der Waals surface area contributed by atoms with Gasteiger partial charge in [0.25, 0.3) is 0 Å². The third-order valence-electron chi connectivity index (χ3n) is 4.76. The molecular formula is C20H16BrClF3N3. The molecule has 0 amide bonds. The fourth-order valence-corrected chi connectivity index (χ4v) is 4.07. The van der Waals surface area contributed by atoms with Gasteiger partial charge in [0.1, 0.15) is 5.82 Å². The van der Waals surface area contributed by atoms with Crippen LogP contribution in [0.3, 0.4) is 0 Å². The second kappa shape index (κ2) is 7.44. The zero-order valence-corrected chi connectivity index (χ0v) is 17.0. The SMILES string of the molecule is FC(F)(F)c1ccc(Cl)c(-n2nc(-c3ccccc3Br)c3c2NCCCC3)c1. The number of alkyl halides is 3. The summed E-state index contributed by atoms with van der Waals surface area (Å²) in [5.41, 5.74) is 2.07. The summed E-state index contributed by atoms with van der Waals surface area (Å²) in [6.07, 6.45) is -1.72. The lowest BCUT2D eigenvalue weighted by Crippen LogP contribution is -2.10. The standard InChI is InChI=1S/C20H16BrClF3N3/c21-15-7-2-1-5-13(15)18-14-6-3-4-10-26-19(14)28(27-18)17-11-12(20(23,24)25)8-9-16(17)22/h1-2,5,7-9,11,26H,3-4,6,10H2. The Bertz CT molecular complexity index is 1030.